The molecule has 1 saturated heterocycles. The summed E-state index contributed by atoms with van der Waals surface area (Å²) in [5.74, 6) is 0. The third-order valence-corrected chi connectivity index (χ3v) is 5.82. The minimum atomic E-state index is -0.946. The molecule has 3 N–H and O–H groups in total. The van der Waals surface area contributed by atoms with E-state index in [1.165, 1.54) is 0 Å². The Balaban J connectivity index is 0.00000169. The van der Waals surface area contributed by atoms with Gasteiger partial charge in [-0.05, 0) is 22.3 Å². The number of piperidine rings is 1. The summed E-state index contributed by atoms with van der Waals surface area (Å²) in [6.07, 6.45) is 6.33. The van der Waals surface area contributed by atoms with Crippen LogP contribution in [0.2, 0.25) is 0 Å². The molecule has 1 aliphatic heterocycles. The van der Waals surface area contributed by atoms with Gasteiger partial charge in [0, 0.05) is 18.3 Å². The standard InChI is InChI=1S/C21H23NO.ClH/c1-20(12-14-22-15-13-20)21(23)18-8-4-2-6-16(18)10-11-17-7-3-5-9-19(17)21;/h2-11,22-23H,12-15H2,1H3;1H. The summed E-state index contributed by atoms with van der Waals surface area (Å²) in [5, 5.41) is 14.5. The van der Waals surface area contributed by atoms with Crippen LogP contribution in [0.4, 0.5) is 0 Å². The molecule has 1 heterocycles. The first-order valence-corrected chi connectivity index (χ1v) is 8.56. The zero-order valence-corrected chi connectivity index (χ0v) is 14.8. The van der Waals surface area contributed by atoms with Crippen molar-refractivity contribution in [2.75, 3.05) is 13.1 Å². The number of fused-ring (bicyclic) bond motifs is 2. The van der Waals surface area contributed by atoms with Crippen LogP contribution in [0.5, 0.6) is 0 Å². The Hall–Kier alpha value is -1.61. The molecule has 2 aromatic rings. The quantitative estimate of drug-likeness (QED) is 0.739. The summed E-state index contributed by atoms with van der Waals surface area (Å²) in [4.78, 5) is 0. The molecule has 0 unspecified atom stereocenters. The van der Waals surface area contributed by atoms with Crippen LogP contribution in [0.25, 0.3) is 12.2 Å². The Bertz CT molecular complexity index is 712. The lowest BCUT2D eigenvalue weighted by Gasteiger charge is -2.48. The maximum Gasteiger partial charge on any atom is 0.122 e. The molecule has 4 rings (SSSR count). The Morgan fingerprint density at radius 2 is 1.29 bits per heavy atom. The monoisotopic (exact) mass is 341 g/mol. The molecule has 1 fully saturated rings. The summed E-state index contributed by atoms with van der Waals surface area (Å²) >= 11 is 0. The van der Waals surface area contributed by atoms with E-state index in [-0.39, 0.29) is 17.8 Å². The lowest BCUT2D eigenvalue weighted by atomic mass is 9.61. The van der Waals surface area contributed by atoms with Crippen molar-refractivity contribution in [3.63, 3.8) is 0 Å². The molecular weight excluding hydrogens is 318 g/mol. The Morgan fingerprint density at radius 3 is 1.79 bits per heavy atom. The van der Waals surface area contributed by atoms with Gasteiger partial charge < -0.3 is 22.8 Å². The fourth-order valence-corrected chi connectivity index (χ4v) is 4.39. The van der Waals surface area contributed by atoms with Crippen LogP contribution in [0, 0.1) is 5.41 Å². The SMILES string of the molecule is CC1(C2(O)c3ccccc3C=Cc3ccccc32)CC[NH2+]CC1.[Cl-]. The fourth-order valence-electron chi connectivity index (χ4n) is 4.39. The molecule has 126 valence electrons. The van der Waals surface area contributed by atoms with Gasteiger partial charge in [0.15, 0.2) is 0 Å². The van der Waals surface area contributed by atoms with Crippen molar-refractivity contribution in [1.29, 1.82) is 0 Å². The summed E-state index contributed by atoms with van der Waals surface area (Å²) in [5.41, 5.74) is 3.25. The van der Waals surface area contributed by atoms with Gasteiger partial charge in [-0.15, -0.1) is 0 Å². The van der Waals surface area contributed by atoms with Crippen molar-refractivity contribution >= 4 is 12.2 Å². The van der Waals surface area contributed by atoms with Crippen molar-refractivity contribution in [3.8, 4) is 0 Å². The average molecular weight is 342 g/mol. The predicted octanol–water partition coefficient (Wildman–Crippen LogP) is -0.226. The van der Waals surface area contributed by atoms with Crippen LogP contribution in [-0.2, 0) is 5.60 Å². The second-order valence-electron chi connectivity index (χ2n) is 7.14. The lowest BCUT2D eigenvalue weighted by Crippen LogP contribution is -3.00. The average Bonchev–Trinajstić information content (AvgIpc) is 2.73. The second-order valence-corrected chi connectivity index (χ2v) is 7.14. The summed E-state index contributed by atoms with van der Waals surface area (Å²) in [7, 11) is 0. The normalized spacial score (nSPS) is 20.2. The topological polar surface area (TPSA) is 36.8 Å². The maximum atomic E-state index is 12.2. The smallest absolute Gasteiger partial charge is 0.122 e. The summed E-state index contributed by atoms with van der Waals surface area (Å²) in [6.45, 7) is 4.42. The predicted molar refractivity (Wildman–Crippen MR) is 93.8 cm³/mol. The van der Waals surface area contributed by atoms with Crippen LogP contribution in [0.15, 0.2) is 48.5 Å². The van der Waals surface area contributed by atoms with E-state index in [1.54, 1.807) is 0 Å². The number of hydrogen-bond acceptors (Lipinski definition) is 1. The van der Waals surface area contributed by atoms with Crippen LogP contribution in [0.1, 0.15) is 42.0 Å². The summed E-state index contributed by atoms with van der Waals surface area (Å²) in [6, 6.07) is 16.6. The van der Waals surface area contributed by atoms with Crippen molar-refractivity contribution in [2.24, 2.45) is 5.41 Å². The van der Waals surface area contributed by atoms with Crippen molar-refractivity contribution in [2.45, 2.75) is 25.4 Å². The van der Waals surface area contributed by atoms with E-state index in [0.29, 0.717) is 0 Å². The Kier molecular flexibility index (Phi) is 4.56. The number of quaternary nitrogens is 1. The largest absolute Gasteiger partial charge is 1.00 e. The number of rotatable bonds is 1. The van der Waals surface area contributed by atoms with Gasteiger partial charge >= 0.3 is 0 Å². The highest BCUT2D eigenvalue weighted by Gasteiger charge is 2.52. The van der Waals surface area contributed by atoms with E-state index in [1.807, 2.05) is 12.1 Å². The first-order chi connectivity index (χ1) is 11.2. The van der Waals surface area contributed by atoms with E-state index in [9.17, 15) is 5.11 Å². The van der Waals surface area contributed by atoms with Gasteiger partial charge in [0.1, 0.15) is 5.60 Å². The molecule has 0 aromatic heterocycles. The van der Waals surface area contributed by atoms with Crippen molar-refractivity contribution in [3.05, 3.63) is 70.8 Å². The van der Waals surface area contributed by atoms with Crippen LogP contribution in [0.3, 0.4) is 0 Å². The van der Waals surface area contributed by atoms with Crippen LogP contribution in [-0.4, -0.2) is 18.2 Å². The van der Waals surface area contributed by atoms with E-state index < -0.39 is 5.60 Å². The van der Waals surface area contributed by atoms with Crippen LogP contribution < -0.4 is 17.7 Å². The maximum absolute atomic E-state index is 12.2. The first-order valence-electron chi connectivity index (χ1n) is 8.56. The third kappa shape index (κ3) is 2.41. The van der Waals surface area contributed by atoms with Gasteiger partial charge in [-0.1, -0.05) is 67.6 Å². The Morgan fingerprint density at radius 1 is 0.833 bits per heavy atom. The van der Waals surface area contributed by atoms with Gasteiger partial charge in [-0.2, -0.15) is 0 Å². The second kappa shape index (κ2) is 6.36. The minimum Gasteiger partial charge on any atom is -1.00 e. The summed E-state index contributed by atoms with van der Waals surface area (Å²) < 4.78 is 0. The molecule has 1 aliphatic carbocycles. The molecule has 0 saturated carbocycles. The lowest BCUT2D eigenvalue weighted by molar-refractivity contribution is -0.669. The van der Waals surface area contributed by atoms with E-state index in [0.717, 1.165) is 48.2 Å². The number of halogens is 1. The molecule has 0 radical (unpaired) electrons. The number of benzene rings is 2. The van der Waals surface area contributed by atoms with Crippen molar-refractivity contribution < 1.29 is 22.8 Å². The highest BCUT2D eigenvalue weighted by molar-refractivity contribution is 5.77. The molecule has 2 aliphatic rings. The molecule has 0 bridgehead atoms. The highest BCUT2D eigenvalue weighted by atomic mass is 35.5. The molecule has 2 aromatic carbocycles. The zero-order chi connectivity index (χ0) is 15.9. The van der Waals surface area contributed by atoms with E-state index in [4.69, 9.17) is 0 Å². The Labute approximate surface area is 150 Å². The fraction of sp³-hybridized carbons (Fsp3) is 0.333. The van der Waals surface area contributed by atoms with Crippen molar-refractivity contribution in [1.82, 2.24) is 0 Å². The van der Waals surface area contributed by atoms with E-state index in [2.05, 4.69) is 60.8 Å². The van der Waals surface area contributed by atoms with Gasteiger partial charge in [0.2, 0.25) is 0 Å². The van der Waals surface area contributed by atoms with Gasteiger partial charge in [-0.25, -0.2) is 0 Å². The zero-order valence-electron chi connectivity index (χ0n) is 14.0. The molecule has 0 spiro atoms. The van der Waals surface area contributed by atoms with Gasteiger partial charge in [0.05, 0.1) is 13.1 Å². The number of nitrogens with two attached hydrogens (primary N) is 1. The molecule has 0 amide bonds. The minimum absolute atomic E-state index is 0. The number of hydrogen-bond donors (Lipinski definition) is 2. The first kappa shape index (κ1) is 17.2. The highest BCUT2D eigenvalue weighted by Crippen LogP contribution is 2.52. The molecule has 24 heavy (non-hydrogen) atoms. The molecular formula is C21H24ClNO. The van der Waals surface area contributed by atoms with Gasteiger partial charge in [0.25, 0.3) is 0 Å². The van der Waals surface area contributed by atoms with Gasteiger partial charge in [-0.3, -0.25) is 0 Å². The van der Waals surface area contributed by atoms with E-state index >= 15 is 0 Å². The number of aliphatic hydroxyl groups is 1. The molecule has 0 atom stereocenters. The van der Waals surface area contributed by atoms with Crippen LogP contribution >= 0.6 is 0 Å². The third-order valence-electron chi connectivity index (χ3n) is 5.82. The molecule has 2 nitrogen and oxygen atoms in total. The molecule has 3 heteroatoms.